The van der Waals surface area contributed by atoms with Crippen LogP contribution in [0, 0.1) is 0 Å². The maximum absolute atomic E-state index is 12.4. The standard InChI is InChI=1S/C21H34N2O3/c1-4-5-15-26-19-11-10-18(16-20(19)25-3)21(24)22-12-8-14-23-13-7-6-9-17(23)2/h10-11,16-17H,4-9,12-15H2,1-3H3,(H,22,24)/p+1/t17-/m0/s1. The van der Waals surface area contributed by atoms with E-state index in [4.69, 9.17) is 9.47 Å². The van der Waals surface area contributed by atoms with Crippen molar-refractivity contribution >= 4 is 5.91 Å². The van der Waals surface area contributed by atoms with Crippen LogP contribution in [0.4, 0.5) is 0 Å². The normalized spacial score (nSPS) is 19.8. The fourth-order valence-electron chi connectivity index (χ4n) is 3.50. The highest BCUT2D eigenvalue weighted by molar-refractivity contribution is 5.94. The van der Waals surface area contributed by atoms with Crippen LogP contribution >= 0.6 is 0 Å². The van der Waals surface area contributed by atoms with E-state index in [-0.39, 0.29) is 5.91 Å². The second-order valence-corrected chi connectivity index (χ2v) is 7.23. The Morgan fingerprint density at radius 2 is 2.12 bits per heavy atom. The average molecular weight is 364 g/mol. The molecule has 2 rings (SSSR count). The lowest BCUT2D eigenvalue weighted by atomic mass is 10.0. The minimum absolute atomic E-state index is 0.0508. The van der Waals surface area contributed by atoms with Gasteiger partial charge in [0, 0.05) is 18.5 Å². The Labute approximate surface area is 158 Å². The van der Waals surface area contributed by atoms with Gasteiger partial charge < -0.3 is 19.7 Å². The number of methoxy groups -OCH3 is 1. The molecule has 1 amide bonds. The third kappa shape index (κ3) is 6.20. The van der Waals surface area contributed by atoms with E-state index in [1.165, 1.54) is 25.8 Å². The van der Waals surface area contributed by atoms with Gasteiger partial charge in [0.15, 0.2) is 11.5 Å². The molecule has 0 aromatic heterocycles. The quantitative estimate of drug-likeness (QED) is 0.628. The molecule has 0 aliphatic carbocycles. The van der Waals surface area contributed by atoms with Gasteiger partial charge in [-0.15, -0.1) is 0 Å². The van der Waals surface area contributed by atoms with Gasteiger partial charge in [-0.05, 0) is 50.8 Å². The maximum atomic E-state index is 12.4. The minimum atomic E-state index is -0.0508. The maximum Gasteiger partial charge on any atom is 0.251 e. The van der Waals surface area contributed by atoms with Gasteiger partial charge in [0.25, 0.3) is 5.91 Å². The summed E-state index contributed by atoms with van der Waals surface area (Å²) in [5.74, 6) is 1.26. The lowest BCUT2D eigenvalue weighted by Gasteiger charge is -2.30. The Hall–Kier alpha value is -1.75. The van der Waals surface area contributed by atoms with Crippen molar-refractivity contribution in [2.45, 2.75) is 58.4 Å². The average Bonchev–Trinajstić information content (AvgIpc) is 2.66. The number of ether oxygens (including phenoxy) is 2. The minimum Gasteiger partial charge on any atom is -0.493 e. The van der Waals surface area contributed by atoms with E-state index in [9.17, 15) is 4.79 Å². The summed E-state index contributed by atoms with van der Waals surface area (Å²) in [5.41, 5.74) is 0.614. The largest absolute Gasteiger partial charge is 0.493 e. The zero-order valence-electron chi connectivity index (χ0n) is 16.6. The summed E-state index contributed by atoms with van der Waals surface area (Å²) in [5, 5.41) is 3.03. The summed E-state index contributed by atoms with van der Waals surface area (Å²) < 4.78 is 11.1. The molecule has 0 saturated carbocycles. The molecule has 146 valence electrons. The van der Waals surface area contributed by atoms with Gasteiger partial charge in [-0.25, -0.2) is 0 Å². The first-order valence-corrected chi connectivity index (χ1v) is 10.1. The van der Waals surface area contributed by atoms with Crippen LogP contribution in [0.15, 0.2) is 18.2 Å². The van der Waals surface area contributed by atoms with Crippen LogP contribution in [0.3, 0.4) is 0 Å². The number of amides is 1. The molecule has 2 N–H and O–H groups in total. The fourth-order valence-corrected chi connectivity index (χ4v) is 3.50. The first-order chi connectivity index (χ1) is 12.7. The molecule has 5 nitrogen and oxygen atoms in total. The third-order valence-corrected chi connectivity index (χ3v) is 5.22. The predicted octanol–water partition coefficient (Wildman–Crippen LogP) is 2.45. The highest BCUT2D eigenvalue weighted by atomic mass is 16.5. The van der Waals surface area contributed by atoms with Crippen LogP contribution in [0.2, 0.25) is 0 Å². The third-order valence-electron chi connectivity index (χ3n) is 5.22. The van der Waals surface area contributed by atoms with E-state index in [1.807, 2.05) is 6.07 Å². The molecule has 0 bridgehead atoms. The smallest absolute Gasteiger partial charge is 0.251 e. The number of hydrogen-bond donors (Lipinski definition) is 2. The van der Waals surface area contributed by atoms with Crippen molar-refractivity contribution in [3.8, 4) is 11.5 Å². The van der Waals surface area contributed by atoms with Gasteiger partial charge in [0.1, 0.15) is 0 Å². The number of carbonyl (C=O) groups excluding carboxylic acids is 1. The Kier molecular flexibility index (Phi) is 8.75. The zero-order chi connectivity index (χ0) is 18.8. The molecule has 1 aliphatic rings. The van der Waals surface area contributed by atoms with Crippen molar-refractivity contribution in [3.05, 3.63) is 23.8 Å². The van der Waals surface area contributed by atoms with E-state index in [0.717, 1.165) is 31.8 Å². The summed E-state index contributed by atoms with van der Waals surface area (Å²) in [6.45, 7) is 8.24. The molecule has 0 radical (unpaired) electrons. The van der Waals surface area contributed by atoms with Gasteiger partial charge in [0.05, 0.1) is 32.8 Å². The molecular weight excluding hydrogens is 328 g/mol. The summed E-state index contributed by atoms with van der Waals surface area (Å²) in [6.07, 6.45) is 7.12. The highest BCUT2D eigenvalue weighted by Crippen LogP contribution is 2.28. The number of benzene rings is 1. The Bertz CT molecular complexity index is 562. The molecular formula is C21H35N2O3+. The van der Waals surface area contributed by atoms with Crippen molar-refractivity contribution < 1.29 is 19.2 Å². The molecule has 1 aromatic rings. The first-order valence-electron chi connectivity index (χ1n) is 10.1. The van der Waals surface area contributed by atoms with Crippen LogP contribution < -0.4 is 19.7 Å². The molecule has 0 spiro atoms. The van der Waals surface area contributed by atoms with Gasteiger partial charge in [-0.1, -0.05) is 13.3 Å². The zero-order valence-corrected chi connectivity index (χ0v) is 16.6. The van der Waals surface area contributed by atoms with Crippen molar-refractivity contribution in [1.82, 2.24) is 5.32 Å². The van der Waals surface area contributed by atoms with Gasteiger partial charge in [0.2, 0.25) is 0 Å². The summed E-state index contributed by atoms with van der Waals surface area (Å²) >= 11 is 0. The van der Waals surface area contributed by atoms with Gasteiger partial charge in [-0.2, -0.15) is 0 Å². The van der Waals surface area contributed by atoms with E-state index in [0.29, 0.717) is 30.2 Å². The number of carbonyl (C=O) groups is 1. The Morgan fingerprint density at radius 1 is 1.27 bits per heavy atom. The van der Waals surface area contributed by atoms with Crippen LogP contribution in [-0.4, -0.2) is 45.3 Å². The van der Waals surface area contributed by atoms with Gasteiger partial charge >= 0.3 is 0 Å². The molecule has 1 aromatic carbocycles. The Morgan fingerprint density at radius 3 is 2.85 bits per heavy atom. The SMILES string of the molecule is CCCCOc1ccc(C(=O)NCCC[NH+]2CCCC[C@@H]2C)cc1OC. The van der Waals surface area contributed by atoms with Gasteiger partial charge in [-0.3, -0.25) is 4.79 Å². The second kappa shape index (κ2) is 11.1. The summed E-state index contributed by atoms with van der Waals surface area (Å²) in [6, 6.07) is 6.14. The number of hydrogen-bond acceptors (Lipinski definition) is 3. The molecule has 1 heterocycles. The molecule has 1 saturated heterocycles. The number of nitrogens with one attached hydrogen (secondary N) is 2. The first kappa shape index (κ1) is 20.6. The van der Waals surface area contributed by atoms with E-state index < -0.39 is 0 Å². The summed E-state index contributed by atoms with van der Waals surface area (Å²) in [7, 11) is 1.60. The lowest BCUT2D eigenvalue weighted by molar-refractivity contribution is -0.928. The van der Waals surface area contributed by atoms with Crippen LogP contribution in [0.5, 0.6) is 11.5 Å². The van der Waals surface area contributed by atoms with Crippen LogP contribution in [0.25, 0.3) is 0 Å². The van der Waals surface area contributed by atoms with E-state index >= 15 is 0 Å². The lowest BCUT2D eigenvalue weighted by Crippen LogP contribution is -3.16. The number of quaternary nitrogens is 1. The van der Waals surface area contributed by atoms with E-state index in [2.05, 4.69) is 19.2 Å². The number of unbranched alkanes of at least 4 members (excludes halogenated alkanes) is 1. The van der Waals surface area contributed by atoms with Crippen LogP contribution in [0.1, 0.15) is 62.7 Å². The molecule has 5 heteroatoms. The Balaban J connectivity index is 1.79. The van der Waals surface area contributed by atoms with Crippen molar-refractivity contribution in [3.63, 3.8) is 0 Å². The molecule has 1 unspecified atom stereocenters. The van der Waals surface area contributed by atoms with E-state index in [1.54, 1.807) is 24.1 Å². The number of piperidine rings is 1. The van der Waals surface area contributed by atoms with Crippen molar-refractivity contribution in [1.29, 1.82) is 0 Å². The molecule has 1 fully saturated rings. The highest BCUT2D eigenvalue weighted by Gasteiger charge is 2.21. The molecule has 2 atom stereocenters. The molecule has 1 aliphatic heterocycles. The van der Waals surface area contributed by atoms with Crippen molar-refractivity contribution in [2.75, 3.05) is 33.4 Å². The number of likely N-dealkylation sites (tertiary alicyclic amines) is 1. The van der Waals surface area contributed by atoms with Crippen LogP contribution in [-0.2, 0) is 0 Å². The monoisotopic (exact) mass is 363 g/mol. The topological polar surface area (TPSA) is 52.0 Å². The number of rotatable bonds is 10. The molecule has 26 heavy (non-hydrogen) atoms. The predicted molar refractivity (Wildman–Crippen MR) is 104 cm³/mol. The fraction of sp³-hybridized carbons (Fsp3) is 0.667. The second-order valence-electron chi connectivity index (χ2n) is 7.23. The van der Waals surface area contributed by atoms with Crippen molar-refractivity contribution in [2.24, 2.45) is 0 Å². The summed E-state index contributed by atoms with van der Waals surface area (Å²) in [4.78, 5) is 14.1.